The first kappa shape index (κ1) is 11.4. The molecule has 4 nitrogen and oxygen atoms in total. The van der Waals surface area contributed by atoms with E-state index in [-0.39, 0.29) is 5.60 Å². The lowest BCUT2D eigenvalue weighted by molar-refractivity contribution is 0.0315. The van der Waals surface area contributed by atoms with Crippen LogP contribution in [0.25, 0.3) is 10.9 Å². The van der Waals surface area contributed by atoms with Crippen molar-refractivity contribution in [2.45, 2.75) is 25.4 Å². The fraction of sp³-hybridized carbons (Fsp3) is 0.429. The molecule has 0 bridgehead atoms. The minimum absolute atomic E-state index is 0.0708. The molecule has 1 aliphatic heterocycles. The number of anilines is 1. The summed E-state index contributed by atoms with van der Waals surface area (Å²) in [6.45, 7) is 3.78. The number of aromatic nitrogens is 2. The Morgan fingerprint density at radius 2 is 2.28 bits per heavy atom. The van der Waals surface area contributed by atoms with Crippen LogP contribution in [-0.4, -0.2) is 28.7 Å². The Morgan fingerprint density at radius 3 is 3.11 bits per heavy atom. The van der Waals surface area contributed by atoms with Crippen LogP contribution in [0, 0.1) is 0 Å². The zero-order valence-electron chi connectivity index (χ0n) is 10.5. The molecule has 0 spiro atoms. The van der Waals surface area contributed by atoms with E-state index in [4.69, 9.17) is 4.74 Å². The molecule has 1 saturated heterocycles. The Morgan fingerprint density at radius 1 is 1.33 bits per heavy atom. The Balaban J connectivity index is 1.82. The van der Waals surface area contributed by atoms with Crippen LogP contribution < -0.4 is 5.32 Å². The third-order valence-corrected chi connectivity index (χ3v) is 3.45. The van der Waals surface area contributed by atoms with E-state index in [0.717, 1.165) is 42.7 Å². The topological polar surface area (TPSA) is 47.0 Å². The van der Waals surface area contributed by atoms with Crippen molar-refractivity contribution in [3.05, 3.63) is 30.6 Å². The van der Waals surface area contributed by atoms with Crippen molar-refractivity contribution in [1.29, 1.82) is 0 Å². The summed E-state index contributed by atoms with van der Waals surface area (Å²) in [7, 11) is 0. The van der Waals surface area contributed by atoms with Gasteiger partial charge in [-0.3, -0.25) is 4.98 Å². The van der Waals surface area contributed by atoms with Crippen molar-refractivity contribution >= 4 is 16.7 Å². The molecule has 1 N–H and O–H groups in total. The number of hydrogen-bond donors (Lipinski definition) is 1. The average molecular weight is 243 g/mol. The van der Waals surface area contributed by atoms with Crippen LogP contribution in [0.2, 0.25) is 0 Å². The van der Waals surface area contributed by atoms with Crippen LogP contribution >= 0.6 is 0 Å². The molecule has 0 aromatic carbocycles. The van der Waals surface area contributed by atoms with Gasteiger partial charge in [0.1, 0.15) is 5.52 Å². The van der Waals surface area contributed by atoms with Gasteiger partial charge in [-0.05, 0) is 31.9 Å². The van der Waals surface area contributed by atoms with Gasteiger partial charge in [0.25, 0.3) is 0 Å². The SMILES string of the molecule is CC1(CNc2nccc3cccnc23)CCCO1. The second-order valence-corrected chi connectivity index (χ2v) is 4.99. The molecule has 3 heterocycles. The highest BCUT2D eigenvalue weighted by atomic mass is 16.5. The fourth-order valence-corrected chi connectivity index (χ4v) is 2.38. The lowest BCUT2D eigenvalue weighted by Gasteiger charge is -2.23. The minimum atomic E-state index is -0.0708. The first-order valence-electron chi connectivity index (χ1n) is 6.34. The fourth-order valence-electron chi connectivity index (χ4n) is 2.38. The summed E-state index contributed by atoms with van der Waals surface area (Å²) in [6.07, 6.45) is 5.84. The highest BCUT2D eigenvalue weighted by molar-refractivity contribution is 5.87. The monoisotopic (exact) mass is 243 g/mol. The average Bonchev–Trinajstić information content (AvgIpc) is 2.84. The summed E-state index contributed by atoms with van der Waals surface area (Å²) in [6, 6.07) is 5.96. The van der Waals surface area contributed by atoms with Crippen molar-refractivity contribution in [3.63, 3.8) is 0 Å². The molecule has 1 aliphatic rings. The maximum Gasteiger partial charge on any atom is 0.152 e. The molecule has 94 valence electrons. The van der Waals surface area contributed by atoms with Gasteiger partial charge in [-0.2, -0.15) is 0 Å². The van der Waals surface area contributed by atoms with Gasteiger partial charge < -0.3 is 10.1 Å². The molecule has 2 aromatic heterocycles. The molecule has 0 aliphatic carbocycles. The van der Waals surface area contributed by atoms with Crippen LogP contribution in [0.4, 0.5) is 5.82 Å². The number of hydrogen-bond acceptors (Lipinski definition) is 4. The second kappa shape index (κ2) is 4.53. The largest absolute Gasteiger partial charge is 0.373 e. The third-order valence-electron chi connectivity index (χ3n) is 3.45. The number of rotatable bonds is 3. The van der Waals surface area contributed by atoms with E-state index in [0.29, 0.717) is 0 Å². The molecule has 0 saturated carbocycles. The number of pyridine rings is 2. The predicted molar refractivity (Wildman–Crippen MR) is 71.6 cm³/mol. The van der Waals surface area contributed by atoms with E-state index in [2.05, 4.69) is 22.2 Å². The summed E-state index contributed by atoms with van der Waals surface area (Å²) >= 11 is 0. The molecular formula is C14H17N3O. The molecule has 1 fully saturated rings. The minimum Gasteiger partial charge on any atom is -0.373 e. The highest BCUT2D eigenvalue weighted by Gasteiger charge is 2.29. The lowest BCUT2D eigenvalue weighted by Crippen LogP contribution is -2.32. The van der Waals surface area contributed by atoms with Gasteiger partial charge in [0.15, 0.2) is 5.82 Å². The van der Waals surface area contributed by atoms with E-state index >= 15 is 0 Å². The Hall–Kier alpha value is -1.68. The lowest BCUT2D eigenvalue weighted by atomic mass is 10.0. The van der Waals surface area contributed by atoms with E-state index in [1.165, 1.54) is 0 Å². The molecule has 0 amide bonds. The summed E-state index contributed by atoms with van der Waals surface area (Å²) in [5.41, 5.74) is 0.847. The number of nitrogens with one attached hydrogen (secondary N) is 1. The molecular weight excluding hydrogens is 226 g/mol. The third kappa shape index (κ3) is 2.16. The summed E-state index contributed by atoms with van der Waals surface area (Å²) < 4.78 is 5.76. The van der Waals surface area contributed by atoms with Crippen molar-refractivity contribution in [3.8, 4) is 0 Å². The quantitative estimate of drug-likeness (QED) is 0.900. The van der Waals surface area contributed by atoms with Crippen LogP contribution in [0.15, 0.2) is 30.6 Å². The first-order chi connectivity index (χ1) is 8.77. The van der Waals surface area contributed by atoms with Gasteiger partial charge in [0.2, 0.25) is 0 Å². The first-order valence-corrected chi connectivity index (χ1v) is 6.34. The van der Waals surface area contributed by atoms with E-state index in [9.17, 15) is 0 Å². The number of nitrogens with zero attached hydrogens (tertiary/aromatic N) is 2. The molecule has 4 heteroatoms. The van der Waals surface area contributed by atoms with Crippen molar-refractivity contribution in [2.75, 3.05) is 18.5 Å². The van der Waals surface area contributed by atoms with Crippen molar-refractivity contribution in [2.24, 2.45) is 0 Å². The normalized spacial score (nSPS) is 23.4. The van der Waals surface area contributed by atoms with Crippen LogP contribution in [0.1, 0.15) is 19.8 Å². The van der Waals surface area contributed by atoms with Gasteiger partial charge in [0.05, 0.1) is 5.60 Å². The number of ether oxygens (including phenoxy) is 1. The highest BCUT2D eigenvalue weighted by Crippen LogP contribution is 2.26. The summed E-state index contributed by atoms with van der Waals surface area (Å²) in [5.74, 6) is 0.838. The van der Waals surface area contributed by atoms with E-state index < -0.39 is 0 Å². The van der Waals surface area contributed by atoms with Crippen molar-refractivity contribution < 1.29 is 4.74 Å². The van der Waals surface area contributed by atoms with E-state index in [1.807, 2.05) is 24.4 Å². The molecule has 0 radical (unpaired) electrons. The maximum atomic E-state index is 5.76. The van der Waals surface area contributed by atoms with Gasteiger partial charge in [-0.1, -0.05) is 6.07 Å². The Bertz CT molecular complexity index is 544. The van der Waals surface area contributed by atoms with E-state index in [1.54, 1.807) is 6.20 Å². The molecule has 3 rings (SSSR count). The summed E-state index contributed by atoms with van der Waals surface area (Å²) in [4.78, 5) is 8.75. The van der Waals surface area contributed by atoms with Gasteiger partial charge in [-0.25, -0.2) is 4.98 Å². The predicted octanol–water partition coefficient (Wildman–Crippen LogP) is 2.61. The number of fused-ring (bicyclic) bond motifs is 1. The van der Waals surface area contributed by atoms with Gasteiger partial charge in [0, 0.05) is 30.9 Å². The zero-order valence-corrected chi connectivity index (χ0v) is 10.5. The molecule has 1 atom stereocenters. The van der Waals surface area contributed by atoms with Gasteiger partial charge >= 0.3 is 0 Å². The Kier molecular flexibility index (Phi) is 2.88. The Labute approximate surface area is 106 Å². The smallest absolute Gasteiger partial charge is 0.152 e. The van der Waals surface area contributed by atoms with Crippen LogP contribution in [0.3, 0.4) is 0 Å². The standard InChI is InChI=1S/C14H17N3O/c1-14(6-3-9-18-14)10-17-13-12-11(5-8-16-13)4-2-7-15-12/h2,4-5,7-8H,3,6,9-10H2,1H3,(H,16,17). The van der Waals surface area contributed by atoms with Crippen LogP contribution in [0.5, 0.6) is 0 Å². The van der Waals surface area contributed by atoms with Crippen molar-refractivity contribution in [1.82, 2.24) is 9.97 Å². The maximum absolute atomic E-state index is 5.76. The molecule has 2 aromatic rings. The summed E-state index contributed by atoms with van der Waals surface area (Å²) in [5, 5.41) is 4.48. The second-order valence-electron chi connectivity index (χ2n) is 4.99. The molecule has 18 heavy (non-hydrogen) atoms. The molecule has 1 unspecified atom stereocenters. The van der Waals surface area contributed by atoms with Crippen LogP contribution in [-0.2, 0) is 4.74 Å². The van der Waals surface area contributed by atoms with Gasteiger partial charge in [-0.15, -0.1) is 0 Å². The zero-order chi connectivity index (χ0) is 12.4.